The molecule has 0 radical (unpaired) electrons. The van der Waals surface area contributed by atoms with E-state index in [4.69, 9.17) is 4.74 Å². The average molecular weight is 517 g/mol. The first-order valence-electron chi connectivity index (χ1n) is 10.9. The van der Waals surface area contributed by atoms with E-state index in [2.05, 4.69) is 31.3 Å². The van der Waals surface area contributed by atoms with Crippen LogP contribution in [0.5, 0.6) is 0 Å². The number of carbonyl (C=O) groups is 3. The van der Waals surface area contributed by atoms with E-state index in [-0.39, 0.29) is 22.8 Å². The van der Waals surface area contributed by atoms with Crippen LogP contribution >= 0.6 is 0 Å². The number of carbonyl (C=O) groups excluding carboxylic acids is 3. The van der Waals surface area contributed by atoms with Gasteiger partial charge < -0.3 is 15.0 Å². The Bertz CT molecular complexity index is 1340. The van der Waals surface area contributed by atoms with Crippen LogP contribution in [0.2, 0.25) is 0 Å². The van der Waals surface area contributed by atoms with Crippen molar-refractivity contribution in [3.05, 3.63) is 65.2 Å². The highest BCUT2D eigenvalue weighted by atomic mass is 19.4. The van der Waals surface area contributed by atoms with Crippen LogP contribution in [0.25, 0.3) is 0 Å². The number of alkyl halides is 3. The van der Waals surface area contributed by atoms with Gasteiger partial charge in [-0.05, 0) is 50.3 Å². The first kappa shape index (κ1) is 25.6. The highest BCUT2D eigenvalue weighted by Gasteiger charge is 2.52. The van der Waals surface area contributed by atoms with E-state index in [1.165, 1.54) is 18.2 Å². The third-order valence-corrected chi connectivity index (χ3v) is 5.40. The Kier molecular flexibility index (Phi) is 6.35. The van der Waals surface area contributed by atoms with Gasteiger partial charge in [-0.1, -0.05) is 29.4 Å². The molecule has 2 aromatic carbocycles. The van der Waals surface area contributed by atoms with Gasteiger partial charge in [0.05, 0.1) is 17.8 Å². The monoisotopic (exact) mass is 517 g/mol. The summed E-state index contributed by atoms with van der Waals surface area (Å²) in [6, 6.07) is 10.1. The van der Waals surface area contributed by atoms with Crippen molar-refractivity contribution in [2.75, 3.05) is 16.8 Å². The number of benzene rings is 2. The number of amides is 3. The Balaban J connectivity index is 1.77. The van der Waals surface area contributed by atoms with Gasteiger partial charge in [-0.15, -0.1) is 5.10 Å². The minimum atomic E-state index is -4.66. The van der Waals surface area contributed by atoms with Crippen molar-refractivity contribution in [1.29, 1.82) is 0 Å². The second kappa shape index (κ2) is 9.19. The number of para-hydroxylation sites is 1. The fourth-order valence-electron chi connectivity index (χ4n) is 3.90. The van der Waals surface area contributed by atoms with E-state index in [0.717, 1.165) is 23.1 Å². The number of aromatic amines is 1. The van der Waals surface area contributed by atoms with Crippen molar-refractivity contribution >= 4 is 29.5 Å². The number of nitrogens with zero attached hydrogens (tertiary/aromatic N) is 4. The Morgan fingerprint density at radius 1 is 1.08 bits per heavy atom. The van der Waals surface area contributed by atoms with Crippen molar-refractivity contribution in [3.63, 3.8) is 0 Å². The quantitative estimate of drug-likeness (QED) is 0.482. The zero-order valence-corrected chi connectivity index (χ0v) is 19.9. The SMILES string of the molecule is CC(C)(C)OC(=O)N[C@@]1(C(=O)Nc2nn[nH]n2)CN(C(=O)c2cccc(C(F)(F)F)c2)c2ccccc21. The predicted octanol–water partition coefficient (Wildman–Crippen LogP) is 3.24. The summed E-state index contributed by atoms with van der Waals surface area (Å²) in [5.41, 5.74) is -3.65. The number of hydrogen-bond donors (Lipinski definition) is 3. The lowest BCUT2D eigenvalue weighted by Gasteiger charge is -2.31. The van der Waals surface area contributed by atoms with Gasteiger partial charge in [0.1, 0.15) is 5.60 Å². The molecule has 1 atom stereocenters. The molecule has 3 N–H and O–H groups in total. The molecule has 0 spiro atoms. The molecule has 3 amide bonds. The minimum Gasteiger partial charge on any atom is -0.444 e. The number of nitrogens with one attached hydrogen (secondary N) is 3. The van der Waals surface area contributed by atoms with Gasteiger partial charge in [-0.25, -0.2) is 4.79 Å². The van der Waals surface area contributed by atoms with E-state index in [9.17, 15) is 27.6 Å². The first-order valence-corrected chi connectivity index (χ1v) is 10.9. The Morgan fingerprint density at radius 3 is 2.46 bits per heavy atom. The van der Waals surface area contributed by atoms with Gasteiger partial charge in [0.2, 0.25) is 0 Å². The minimum absolute atomic E-state index is 0.199. The number of alkyl carbamates (subject to hydrolysis) is 1. The van der Waals surface area contributed by atoms with Crippen LogP contribution in [0, 0.1) is 0 Å². The molecule has 1 aliphatic heterocycles. The molecule has 11 nitrogen and oxygen atoms in total. The summed E-state index contributed by atoms with van der Waals surface area (Å²) in [5, 5.41) is 17.9. The molecular weight excluding hydrogens is 495 g/mol. The highest BCUT2D eigenvalue weighted by molar-refractivity contribution is 6.12. The van der Waals surface area contributed by atoms with Gasteiger partial charge in [0, 0.05) is 11.1 Å². The maximum Gasteiger partial charge on any atom is 0.416 e. The molecule has 3 aromatic rings. The van der Waals surface area contributed by atoms with E-state index in [1.807, 2.05) is 0 Å². The summed E-state index contributed by atoms with van der Waals surface area (Å²) in [4.78, 5) is 41.0. The molecular formula is C23H22F3N7O4. The van der Waals surface area contributed by atoms with E-state index >= 15 is 0 Å². The average Bonchev–Trinajstić information content (AvgIpc) is 3.44. The molecule has 2 heterocycles. The zero-order valence-electron chi connectivity index (χ0n) is 19.9. The third kappa shape index (κ3) is 5.22. The molecule has 0 unspecified atom stereocenters. The van der Waals surface area contributed by atoms with Gasteiger partial charge in [0.25, 0.3) is 17.8 Å². The number of aromatic nitrogens is 4. The largest absolute Gasteiger partial charge is 0.444 e. The first-order chi connectivity index (χ1) is 17.3. The number of rotatable bonds is 4. The Labute approximate surface area is 208 Å². The molecule has 37 heavy (non-hydrogen) atoms. The highest BCUT2D eigenvalue weighted by Crippen LogP contribution is 2.41. The lowest BCUT2D eigenvalue weighted by atomic mass is 9.91. The van der Waals surface area contributed by atoms with Crippen molar-refractivity contribution < 1.29 is 32.3 Å². The normalized spacial score (nSPS) is 17.2. The number of fused-ring (bicyclic) bond motifs is 1. The molecule has 0 fully saturated rings. The smallest absolute Gasteiger partial charge is 0.416 e. The fraction of sp³-hybridized carbons (Fsp3) is 0.304. The van der Waals surface area contributed by atoms with Crippen LogP contribution in [0.1, 0.15) is 42.3 Å². The zero-order chi connectivity index (χ0) is 27.0. The lowest BCUT2D eigenvalue weighted by molar-refractivity contribution is -0.137. The van der Waals surface area contributed by atoms with E-state index in [1.54, 1.807) is 32.9 Å². The lowest BCUT2D eigenvalue weighted by Crippen LogP contribution is -2.58. The number of anilines is 2. The molecule has 0 saturated heterocycles. The van der Waals surface area contributed by atoms with Crippen molar-refractivity contribution in [1.82, 2.24) is 25.9 Å². The molecule has 194 valence electrons. The second-order valence-electron chi connectivity index (χ2n) is 9.21. The molecule has 0 bridgehead atoms. The number of ether oxygens (including phenoxy) is 1. The molecule has 1 aromatic heterocycles. The van der Waals surface area contributed by atoms with Crippen molar-refractivity contribution in [2.45, 2.75) is 38.1 Å². The van der Waals surface area contributed by atoms with Crippen LogP contribution < -0.4 is 15.5 Å². The van der Waals surface area contributed by atoms with E-state index < -0.39 is 47.3 Å². The summed E-state index contributed by atoms with van der Waals surface area (Å²) in [7, 11) is 0. The molecule has 4 rings (SSSR count). The standard InChI is InChI=1S/C23H22F3N7O4/c1-21(2,3)37-20(36)28-22(18(35)27-19-29-31-32-30-19)12-33(16-10-5-4-9-15(16)22)17(34)13-7-6-8-14(11-13)23(24,25)26/h4-11H,12H2,1-3H3,(H,28,36)(H2,27,29,30,31,32,35)/t22-/m0/s1. The fourth-order valence-corrected chi connectivity index (χ4v) is 3.90. The van der Waals surface area contributed by atoms with Crippen molar-refractivity contribution in [3.8, 4) is 0 Å². The van der Waals surface area contributed by atoms with E-state index in [0.29, 0.717) is 0 Å². The van der Waals surface area contributed by atoms with Crippen LogP contribution in [0.4, 0.5) is 29.6 Å². The van der Waals surface area contributed by atoms with Crippen molar-refractivity contribution in [2.24, 2.45) is 0 Å². The van der Waals surface area contributed by atoms with Gasteiger partial charge >= 0.3 is 12.3 Å². The second-order valence-corrected chi connectivity index (χ2v) is 9.21. The molecule has 1 aliphatic rings. The summed E-state index contributed by atoms with van der Waals surface area (Å²) in [6.07, 6.45) is -5.62. The predicted molar refractivity (Wildman–Crippen MR) is 123 cm³/mol. The third-order valence-electron chi connectivity index (χ3n) is 5.40. The topological polar surface area (TPSA) is 142 Å². The number of hydrogen-bond acceptors (Lipinski definition) is 7. The number of tetrazole rings is 1. The Morgan fingerprint density at radius 2 is 1.81 bits per heavy atom. The summed E-state index contributed by atoms with van der Waals surface area (Å²) in [5.74, 6) is -1.83. The maximum absolute atomic E-state index is 13.6. The molecule has 0 saturated carbocycles. The number of H-pyrrole nitrogens is 1. The summed E-state index contributed by atoms with van der Waals surface area (Å²) < 4.78 is 45.2. The number of halogens is 3. The summed E-state index contributed by atoms with van der Waals surface area (Å²) in [6.45, 7) is 4.43. The van der Waals surface area contributed by atoms with Crippen LogP contribution in [-0.4, -0.2) is 50.7 Å². The molecule has 0 aliphatic carbocycles. The van der Waals surface area contributed by atoms with Crippen LogP contribution in [-0.2, 0) is 21.2 Å². The van der Waals surface area contributed by atoms with Gasteiger partial charge in [0.15, 0.2) is 5.54 Å². The maximum atomic E-state index is 13.6. The van der Waals surface area contributed by atoms with Crippen LogP contribution in [0.15, 0.2) is 48.5 Å². The summed E-state index contributed by atoms with van der Waals surface area (Å²) >= 11 is 0. The van der Waals surface area contributed by atoms with Gasteiger partial charge in [-0.2, -0.15) is 18.4 Å². The van der Waals surface area contributed by atoms with Crippen LogP contribution in [0.3, 0.4) is 0 Å². The Hall–Kier alpha value is -4.49. The molecule has 14 heteroatoms. The van der Waals surface area contributed by atoms with Gasteiger partial charge in [-0.3, -0.25) is 14.9 Å².